The fourth-order valence-electron chi connectivity index (χ4n) is 3.85. The number of amides is 3. The molecule has 194 valence electrons. The van der Waals surface area contributed by atoms with Gasteiger partial charge < -0.3 is 15.7 Å². The zero-order valence-electron chi connectivity index (χ0n) is 20.2. The van der Waals surface area contributed by atoms with E-state index in [1.165, 1.54) is 12.1 Å². The SMILES string of the molecule is CCCCCC(C(=O)NCNC(=O)c1cccc(-c2ccc(F)c(C(=O)O)c2)n1)C(CC)N(O)C=O. The molecule has 0 spiro atoms. The third kappa shape index (κ3) is 7.57. The van der Waals surface area contributed by atoms with Gasteiger partial charge in [0, 0.05) is 5.56 Å². The summed E-state index contributed by atoms with van der Waals surface area (Å²) in [5, 5.41) is 24.7. The van der Waals surface area contributed by atoms with Crippen molar-refractivity contribution in [3.8, 4) is 11.3 Å². The third-order valence-electron chi connectivity index (χ3n) is 5.77. The average molecular weight is 503 g/mol. The molecule has 36 heavy (non-hydrogen) atoms. The number of carbonyl (C=O) groups excluding carboxylic acids is 3. The molecule has 0 saturated heterocycles. The van der Waals surface area contributed by atoms with Crippen molar-refractivity contribution >= 4 is 24.2 Å². The smallest absolute Gasteiger partial charge is 0.338 e. The van der Waals surface area contributed by atoms with Crippen molar-refractivity contribution in [3.05, 3.63) is 53.5 Å². The lowest BCUT2D eigenvalue weighted by Crippen LogP contribution is -2.47. The quantitative estimate of drug-likeness (QED) is 0.102. The van der Waals surface area contributed by atoms with E-state index in [1.807, 2.05) is 6.92 Å². The molecule has 2 rings (SSSR count). The lowest BCUT2D eigenvalue weighted by Gasteiger charge is -2.29. The molecule has 0 saturated carbocycles. The van der Waals surface area contributed by atoms with E-state index in [0.717, 1.165) is 31.4 Å². The van der Waals surface area contributed by atoms with Crippen LogP contribution in [0.1, 0.15) is 66.8 Å². The molecule has 2 aromatic rings. The van der Waals surface area contributed by atoms with Crippen molar-refractivity contribution in [3.63, 3.8) is 0 Å². The molecular weight excluding hydrogens is 471 g/mol. The highest BCUT2D eigenvalue weighted by Crippen LogP contribution is 2.22. The second-order valence-electron chi connectivity index (χ2n) is 8.19. The van der Waals surface area contributed by atoms with Crippen molar-refractivity contribution in [2.45, 2.75) is 52.0 Å². The number of hydrogen-bond donors (Lipinski definition) is 4. The van der Waals surface area contributed by atoms with Gasteiger partial charge in [0.25, 0.3) is 5.91 Å². The minimum atomic E-state index is -1.42. The van der Waals surface area contributed by atoms with Crippen LogP contribution in [-0.2, 0) is 9.59 Å². The van der Waals surface area contributed by atoms with Crippen LogP contribution in [0.2, 0.25) is 0 Å². The zero-order chi connectivity index (χ0) is 26.7. The molecule has 3 amide bonds. The first-order valence-electron chi connectivity index (χ1n) is 11.7. The van der Waals surface area contributed by atoms with Gasteiger partial charge in [-0.25, -0.2) is 19.2 Å². The topological polar surface area (TPSA) is 149 Å². The van der Waals surface area contributed by atoms with Gasteiger partial charge in [-0.2, -0.15) is 0 Å². The van der Waals surface area contributed by atoms with Crippen LogP contribution in [-0.4, -0.2) is 57.3 Å². The van der Waals surface area contributed by atoms with Crippen LogP contribution in [0.15, 0.2) is 36.4 Å². The maximum atomic E-state index is 13.7. The van der Waals surface area contributed by atoms with Crippen LogP contribution >= 0.6 is 0 Å². The predicted octanol–water partition coefficient (Wildman–Crippen LogP) is 3.21. The maximum Gasteiger partial charge on any atom is 0.338 e. The van der Waals surface area contributed by atoms with Crippen LogP contribution in [0.5, 0.6) is 0 Å². The number of aromatic nitrogens is 1. The fraction of sp³-hybridized carbons (Fsp3) is 0.400. The highest BCUT2D eigenvalue weighted by molar-refractivity contribution is 5.93. The van der Waals surface area contributed by atoms with Crippen molar-refractivity contribution < 1.29 is 33.9 Å². The van der Waals surface area contributed by atoms with Gasteiger partial charge in [-0.3, -0.25) is 19.6 Å². The van der Waals surface area contributed by atoms with E-state index in [1.54, 1.807) is 19.1 Å². The van der Waals surface area contributed by atoms with E-state index < -0.39 is 41.1 Å². The van der Waals surface area contributed by atoms with Gasteiger partial charge in [-0.05, 0) is 43.2 Å². The minimum absolute atomic E-state index is 0.0105. The summed E-state index contributed by atoms with van der Waals surface area (Å²) in [6.45, 7) is 3.57. The van der Waals surface area contributed by atoms with Crippen LogP contribution in [0, 0.1) is 11.7 Å². The molecule has 11 heteroatoms. The first kappa shape index (κ1) is 28.4. The van der Waals surface area contributed by atoms with Crippen LogP contribution in [0.25, 0.3) is 11.3 Å². The Bertz CT molecular complexity index is 1080. The Hall–Kier alpha value is -3.86. The van der Waals surface area contributed by atoms with E-state index in [4.69, 9.17) is 5.11 Å². The largest absolute Gasteiger partial charge is 0.478 e. The van der Waals surface area contributed by atoms with E-state index in [2.05, 4.69) is 15.6 Å². The summed E-state index contributed by atoms with van der Waals surface area (Å²) in [5.74, 6) is -3.96. The van der Waals surface area contributed by atoms with Gasteiger partial charge in [-0.15, -0.1) is 0 Å². The van der Waals surface area contributed by atoms with Crippen molar-refractivity contribution in [1.82, 2.24) is 20.7 Å². The first-order chi connectivity index (χ1) is 17.2. The van der Waals surface area contributed by atoms with Gasteiger partial charge in [0.2, 0.25) is 12.3 Å². The fourth-order valence-corrected chi connectivity index (χ4v) is 3.85. The van der Waals surface area contributed by atoms with E-state index in [9.17, 15) is 28.8 Å². The lowest BCUT2D eigenvalue weighted by molar-refractivity contribution is -0.168. The Balaban J connectivity index is 2.06. The minimum Gasteiger partial charge on any atom is -0.478 e. The molecule has 0 fully saturated rings. The van der Waals surface area contributed by atoms with Crippen molar-refractivity contribution in [1.29, 1.82) is 0 Å². The van der Waals surface area contributed by atoms with E-state index in [-0.39, 0.29) is 24.5 Å². The van der Waals surface area contributed by atoms with Gasteiger partial charge in [-0.1, -0.05) is 39.2 Å². The molecule has 4 N–H and O–H groups in total. The number of hydrogen-bond acceptors (Lipinski definition) is 6. The number of hydroxylamine groups is 2. The van der Waals surface area contributed by atoms with Crippen molar-refractivity contribution in [2.75, 3.05) is 6.67 Å². The normalized spacial score (nSPS) is 12.3. The Morgan fingerprint density at radius 1 is 1.14 bits per heavy atom. The van der Waals surface area contributed by atoms with E-state index >= 15 is 0 Å². The number of benzene rings is 1. The Morgan fingerprint density at radius 2 is 1.89 bits per heavy atom. The Morgan fingerprint density at radius 3 is 2.53 bits per heavy atom. The van der Waals surface area contributed by atoms with Crippen LogP contribution < -0.4 is 10.6 Å². The molecule has 0 aliphatic rings. The molecule has 2 unspecified atom stereocenters. The summed E-state index contributed by atoms with van der Waals surface area (Å²) in [6, 6.07) is 7.35. The number of pyridine rings is 1. The van der Waals surface area contributed by atoms with Gasteiger partial charge in [0.05, 0.1) is 29.9 Å². The molecule has 0 aliphatic carbocycles. The number of carbonyl (C=O) groups is 4. The average Bonchev–Trinajstić information content (AvgIpc) is 2.88. The Labute approximate surface area is 208 Å². The monoisotopic (exact) mass is 502 g/mol. The number of halogens is 1. The standard InChI is InChI=1S/C25H31FN4O6/c1-3-5-6-8-17(22(4-2)30(36)15-31)23(32)27-14-28-24(33)21-10-7-9-20(29-21)16-11-12-19(26)18(13-16)25(34)35/h7,9-13,15,17,22,36H,3-6,8,14H2,1-2H3,(H,27,32)(H,28,33)(H,34,35). The molecule has 10 nitrogen and oxygen atoms in total. The molecular formula is C25H31FN4O6. The molecule has 2 atom stereocenters. The highest BCUT2D eigenvalue weighted by atomic mass is 19.1. The number of carboxylic acids is 1. The van der Waals surface area contributed by atoms with Gasteiger partial charge in [0.1, 0.15) is 11.5 Å². The molecule has 0 bridgehead atoms. The summed E-state index contributed by atoms with van der Waals surface area (Å²) in [7, 11) is 0. The number of unbranched alkanes of at least 4 members (excludes halogenated alkanes) is 2. The van der Waals surface area contributed by atoms with Crippen molar-refractivity contribution in [2.24, 2.45) is 5.92 Å². The number of nitrogens with zero attached hydrogens (tertiary/aromatic N) is 2. The number of aromatic carboxylic acids is 1. The Kier molecular flexibility index (Phi) is 10.9. The van der Waals surface area contributed by atoms with Crippen LogP contribution in [0.4, 0.5) is 4.39 Å². The van der Waals surface area contributed by atoms with Gasteiger partial charge in [0.15, 0.2) is 0 Å². The number of nitrogens with one attached hydrogen (secondary N) is 2. The highest BCUT2D eigenvalue weighted by Gasteiger charge is 2.30. The number of rotatable bonds is 14. The van der Waals surface area contributed by atoms with Gasteiger partial charge >= 0.3 is 5.97 Å². The summed E-state index contributed by atoms with van der Waals surface area (Å²) in [5.41, 5.74) is 0.0898. The molecule has 1 aromatic carbocycles. The molecule has 1 heterocycles. The van der Waals surface area contributed by atoms with Crippen LogP contribution in [0.3, 0.4) is 0 Å². The summed E-state index contributed by atoms with van der Waals surface area (Å²) < 4.78 is 13.7. The second kappa shape index (κ2) is 13.9. The zero-order valence-corrected chi connectivity index (χ0v) is 20.2. The third-order valence-corrected chi connectivity index (χ3v) is 5.77. The molecule has 0 aliphatic heterocycles. The second-order valence-corrected chi connectivity index (χ2v) is 8.19. The summed E-state index contributed by atoms with van der Waals surface area (Å²) in [4.78, 5) is 51.9. The summed E-state index contributed by atoms with van der Waals surface area (Å²) >= 11 is 0. The molecule has 1 aromatic heterocycles. The summed E-state index contributed by atoms with van der Waals surface area (Å²) in [6.07, 6.45) is 3.70. The van der Waals surface area contributed by atoms with E-state index in [0.29, 0.717) is 23.5 Å². The predicted molar refractivity (Wildman–Crippen MR) is 128 cm³/mol. The lowest BCUT2D eigenvalue weighted by atomic mass is 9.90. The first-order valence-corrected chi connectivity index (χ1v) is 11.7. The maximum absolute atomic E-state index is 13.7. The molecule has 0 radical (unpaired) electrons. The number of carboxylic acid groups (broad SMARTS) is 1.